The van der Waals surface area contributed by atoms with Gasteiger partial charge in [-0.25, -0.2) is 0 Å². The maximum absolute atomic E-state index is 14.0. The van der Waals surface area contributed by atoms with Crippen molar-refractivity contribution in [1.29, 1.82) is 0 Å². The first-order valence-electron chi connectivity index (χ1n) is 13.4. The summed E-state index contributed by atoms with van der Waals surface area (Å²) in [6, 6.07) is 16.1. The van der Waals surface area contributed by atoms with Crippen molar-refractivity contribution in [2.24, 2.45) is 5.41 Å². The third-order valence-corrected chi connectivity index (χ3v) is 7.68. The van der Waals surface area contributed by atoms with Crippen LogP contribution in [0.4, 0.5) is 0 Å². The standard InChI is InChI=1S/C29H34N6O4/c1-39-24-10-5-9-22(18-24)27(37)34-15-11-29(12-16-34)19-23-20-35(33-32-23)14-6-13-30-26(36)25(31-28(29)38)17-21-7-3-2-4-8-21/h2-5,7-10,18,20,25H,6,11-17,19H2,1H3,(H,30,36)(H,31,38)/t25-/m0/s1. The zero-order valence-corrected chi connectivity index (χ0v) is 22.1. The van der Waals surface area contributed by atoms with Gasteiger partial charge < -0.3 is 20.3 Å². The molecule has 2 bridgehead atoms. The van der Waals surface area contributed by atoms with Crippen molar-refractivity contribution in [2.75, 3.05) is 26.7 Å². The maximum atomic E-state index is 14.0. The summed E-state index contributed by atoms with van der Waals surface area (Å²) in [5, 5.41) is 14.6. The lowest BCUT2D eigenvalue weighted by Gasteiger charge is -2.41. The van der Waals surface area contributed by atoms with Crippen molar-refractivity contribution in [3.63, 3.8) is 0 Å². The molecule has 3 heterocycles. The number of ether oxygens (including phenoxy) is 1. The van der Waals surface area contributed by atoms with Gasteiger partial charge in [0.05, 0.1) is 18.2 Å². The van der Waals surface area contributed by atoms with E-state index in [0.29, 0.717) is 69.6 Å². The molecule has 1 atom stereocenters. The highest BCUT2D eigenvalue weighted by Gasteiger charge is 2.44. The van der Waals surface area contributed by atoms with E-state index in [1.54, 1.807) is 41.0 Å². The minimum atomic E-state index is -0.824. The van der Waals surface area contributed by atoms with Gasteiger partial charge in [-0.15, -0.1) is 5.10 Å². The third-order valence-electron chi connectivity index (χ3n) is 7.68. The monoisotopic (exact) mass is 530 g/mol. The van der Waals surface area contributed by atoms with Gasteiger partial charge in [0.2, 0.25) is 11.8 Å². The second-order valence-electron chi connectivity index (χ2n) is 10.3. The summed E-state index contributed by atoms with van der Waals surface area (Å²) in [4.78, 5) is 42.2. The van der Waals surface area contributed by atoms with E-state index in [-0.39, 0.29) is 17.7 Å². The minimum absolute atomic E-state index is 0.0962. The van der Waals surface area contributed by atoms with Crippen LogP contribution in [0.25, 0.3) is 0 Å². The fourth-order valence-corrected chi connectivity index (χ4v) is 5.38. The van der Waals surface area contributed by atoms with E-state index in [0.717, 1.165) is 11.3 Å². The van der Waals surface area contributed by atoms with Crippen LogP contribution in [0.2, 0.25) is 0 Å². The van der Waals surface area contributed by atoms with Crippen LogP contribution in [-0.2, 0) is 29.0 Å². The predicted molar refractivity (Wildman–Crippen MR) is 144 cm³/mol. The number of carbonyl (C=O) groups excluding carboxylic acids is 3. The summed E-state index contributed by atoms with van der Waals surface area (Å²) < 4.78 is 7.03. The molecule has 0 aliphatic carbocycles. The molecule has 2 aliphatic heterocycles. The van der Waals surface area contributed by atoms with Crippen molar-refractivity contribution in [3.05, 3.63) is 77.6 Å². The lowest BCUT2D eigenvalue weighted by Crippen LogP contribution is -2.56. The van der Waals surface area contributed by atoms with Crippen LogP contribution in [0.3, 0.4) is 0 Å². The number of aromatic nitrogens is 3. The van der Waals surface area contributed by atoms with Crippen molar-refractivity contribution < 1.29 is 19.1 Å². The lowest BCUT2D eigenvalue weighted by molar-refractivity contribution is -0.137. The van der Waals surface area contributed by atoms with Gasteiger partial charge in [-0.05, 0) is 43.0 Å². The average molecular weight is 531 g/mol. The van der Waals surface area contributed by atoms with Crippen molar-refractivity contribution in [3.8, 4) is 5.75 Å². The van der Waals surface area contributed by atoms with E-state index >= 15 is 0 Å². The van der Waals surface area contributed by atoms with E-state index in [4.69, 9.17) is 4.74 Å². The molecule has 1 aromatic heterocycles. The van der Waals surface area contributed by atoms with Gasteiger partial charge in [0.15, 0.2) is 0 Å². The molecule has 10 nitrogen and oxygen atoms in total. The Labute approximate surface area is 227 Å². The number of benzene rings is 2. The Morgan fingerprint density at radius 2 is 1.87 bits per heavy atom. The Bertz CT molecular complexity index is 1320. The molecule has 10 heteroatoms. The topological polar surface area (TPSA) is 118 Å². The van der Waals surface area contributed by atoms with Crippen molar-refractivity contribution >= 4 is 17.7 Å². The SMILES string of the molecule is COc1cccc(C(=O)N2CCC3(CC2)Cc2cn(nn2)CCCNC(=O)[C@H](Cc2ccccc2)NC3=O)c1. The van der Waals surface area contributed by atoms with Gasteiger partial charge in [-0.2, -0.15) is 0 Å². The highest BCUT2D eigenvalue weighted by Crippen LogP contribution is 2.36. The van der Waals surface area contributed by atoms with E-state index in [2.05, 4.69) is 20.9 Å². The summed E-state index contributed by atoms with van der Waals surface area (Å²) in [5.41, 5.74) is 1.43. The largest absolute Gasteiger partial charge is 0.497 e. The van der Waals surface area contributed by atoms with Crippen molar-refractivity contribution in [1.82, 2.24) is 30.5 Å². The first-order valence-corrected chi connectivity index (χ1v) is 13.4. The van der Waals surface area contributed by atoms with Gasteiger partial charge in [0, 0.05) is 50.8 Å². The number of likely N-dealkylation sites (tertiary alicyclic amines) is 1. The number of aryl methyl sites for hydroxylation is 1. The number of nitrogens with zero attached hydrogens (tertiary/aromatic N) is 4. The Balaban J connectivity index is 1.38. The first-order chi connectivity index (χ1) is 19.0. The van der Waals surface area contributed by atoms with Gasteiger partial charge >= 0.3 is 0 Å². The fraction of sp³-hybridized carbons (Fsp3) is 0.414. The quantitative estimate of drug-likeness (QED) is 0.533. The van der Waals surface area contributed by atoms with Crippen LogP contribution in [0.15, 0.2) is 60.8 Å². The fourth-order valence-electron chi connectivity index (χ4n) is 5.38. The van der Waals surface area contributed by atoms with Gasteiger partial charge in [-0.3, -0.25) is 19.1 Å². The molecule has 1 fully saturated rings. The Morgan fingerprint density at radius 3 is 2.64 bits per heavy atom. The third kappa shape index (κ3) is 6.10. The minimum Gasteiger partial charge on any atom is -0.497 e. The second-order valence-corrected chi connectivity index (χ2v) is 10.3. The average Bonchev–Trinajstić information content (AvgIpc) is 3.41. The van der Waals surface area contributed by atoms with Crippen molar-refractivity contribution in [2.45, 2.75) is 44.7 Å². The summed E-state index contributed by atoms with van der Waals surface area (Å²) in [7, 11) is 1.57. The molecule has 0 radical (unpaired) electrons. The van der Waals surface area contributed by atoms with E-state index < -0.39 is 11.5 Å². The highest BCUT2D eigenvalue weighted by molar-refractivity contribution is 5.95. The number of hydrogen-bond donors (Lipinski definition) is 2. The van der Waals surface area contributed by atoms with E-state index in [1.165, 1.54) is 0 Å². The molecule has 2 aromatic carbocycles. The van der Waals surface area contributed by atoms with Gasteiger partial charge in [0.1, 0.15) is 11.8 Å². The Morgan fingerprint density at radius 1 is 1.08 bits per heavy atom. The molecule has 204 valence electrons. The number of piperidine rings is 1. The summed E-state index contributed by atoms with van der Waals surface area (Å²) in [5.74, 6) is 0.127. The molecule has 2 N–H and O–H groups in total. The number of carbonyl (C=O) groups is 3. The molecular weight excluding hydrogens is 496 g/mol. The highest BCUT2D eigenvalue weighted by atomic mass is 16.5. The summed E-state index contributed by atoms with van der Waals surface area (Å²) in [6.45, 7) is 1.91. The van der Waals surface area contributed by atoms with Crippen LogP contribution in [0.5, 0.6) is 5.75 Å². The smallest absolute Gasteiger partial charge is 0.253 e. The van der Waals surface area contributed by atoms with Crippen LogP contribution in [0, 0.1) is 5.41 Å². The number of amides is 3. The Kier molecular flexibility index (Phi) is 7.90. The predicted octanol–water partition coefficient (Wildman–Crippen LogP) is 2.00. The van der Waals surface area contributed by atoms with Crippen LogP contribution >= 0.6 is 0 Å². The molecule has 3 amide bonds. The normalized spacial score (nSPS) is 19.7. The number of fused-ring (bicyclic) bond motifs is 2. The van der Waals surface area contributed by atoms with Gasteiger partial charge in [0.25, 0.3) is 5.91 Å². The molecule has 0 saturated carbocycles. The number of hydrogen-bond acceptors (Lipinski definition) is 6. The molecule has 39 heavy (non-hydrogen) atoms. The number of rotatable bonds is 4. The molecule has 2 aliphatic rings. The maximum Gasteiger partial charge on any atom is 0.253 e. The molecule has 5 rings (SSSR count). The zero-order valence-electron chi connectivity index (χ0n) is 22.1. The van der Waals surface area contributed by atoms with Crippen LogP contribution < -0.4 is 15.4 Å². The zero-order chi connectivity index (χ0) is 27.2. The molecule has 1 saturated heterocycles. The number of nitrogens with one attached hydrogen (secondary N) is 2. The molecular formula is C29H34N6O4. The molecule has 3 aromatic rings. The Hall–Kier alpha value is -4.21. The van der Waals surface area contributed by atoms with E-state index in [1.807, 2.05) is 36.5 Å². The van der Waals surface area contributed by atoms with Crippen LogP contribution in [0.1, 0.15) is 40.9 Å². The summed E-state index contributed by atoms with van der Waals surface area (Å²) >= 11 is 0. The van der Waals surface area contributed by atoms with E-state index in [9.17, 15) is 14.4 Å². The lowest BCUT2D eigenvalue weighted by atomic mass is 9.73. The molecule has 1 spiro atoms. The summed E-state index contributed by atoms with van der Waals surface area (Å²) in [6.07, 6.45) is 4.25. The number of methoxy groups -OCH3 is 1. The second kappa shape index (κ2) is 11.7. The first kappa shape index (κ1) is 26.4. The van der Waals surface area contributed by atoms with Crippen LogP contribution in [-0.4, -0.2) is 70.4 Å². The van der Waals surface area contributed by atoms with Gasteiger partial charge in [-0.1, -0.05) is 41.6 Å². The molecule has 0 unspecified atom stereocenters.